The van der Waals surface area contributed by atoms with E-state index in [2.05, 4.69) is 20.4 Å². The zero-order valence-electron chi connectivity index (χ0n) is 16.5. The third kappa shape index (κ3) is 5.22. The van der Waals surface area contributed by atoms with Crippen molar-refractivity contribution in [2.75, 3.05) is 11.9 Å². The first-order valence-electron chi connectivity index (χ1n) is 9.46. The zero-order chi connectivity index (χ0) is 22.5. The number of hydrogen-bond acceptors (Lipinski definition) is 6. The minimum Gasteiger partial charge on any atom is -0.482 e. The smallest absolute Gasteiger partial charge is 0.287 e. The number of anilines is 1. The highest BCUT2D eigenvalue weighted by Crippen LogP contribution is 2.27. The second-order valence-electron chi connectivity index (χ2n) is 6.65. The van der Waals surface area contributed by atoms with Crippen LogP contribution in [0.3, 0.4) is 0 Å². The fraction of sp³-hybridized carbons (Fsp3) is 0.0909. The van der Waals surface area contributed by atoms with Gasteiger partial charge in [-0.1, -0.05) is 35.3 Å². The third-order valence-corrected chi connectivity index (χ3v) is 4.90. The first-order valence-corrected chi connectivity index (χ1v) is 10.2. The van der Waals surface area contributed by atoms with Gasteiger partial charge in [0.2, 0.25) is 5.95 Å². The highest BCUT2D eigenvalue weighted by molar-refractivity contribution is 6.35. The van der Waals surface area contributed by atoms with Crippen molar-refractivity contribution in [3.8, 4) is 17.1 Å². The average molecular weight is 472 g/mol. The molecule has 0 aliphatic rings. The minimum absolute atomic E-state index is 0.212. The third-order valence-electron chi connectivity index (χ3n) is 4.37. The lowest BCUT2D eigenvalue weighted by atomic mass is 10.2. The quantitative estimate of drug-likeness (QED) is 0.402. The van der Waals surface area contributed by atoms with Crippen LogP contribution in [0.4, 0.5) is 10.3 Å². The lowest BCUT2D eigenvalue weighted by Gasteiger charge is -2.09. The lowest BCUT2D eigenvalue weighted by molar-refractivity contribution is 0.0824. The van der Waals surface area contributed by atoms with E-state index in [0.717, 1.165) is 10.2 Å². The predicted octanol–water partition coefficient (Wildman–Crippen LogP) is 5.12. The number of carbonyl (C=O) groups excluding carboxylic acids is 1. The maximum absolute atomic E-state index is 13.2. The Labute approximate surface area is 192 Å². The summed E-state index contributed by atoms with van der Waals surface area (Å²) in [6.07, 6.45) is 3.22. The van der Waals surface area contributed by atoms with E-state index >= 15 is 0 Å². The van der Waals surface area contributed by atoms with Gasteiger partial charge >= 0.3 is 0 Å². The summed E-state index contributed by atoms with van der Waals surface area (Å²) in [5, 5.41) is 8.12. The maximum Gasteiger partial charge on any atom is 0.287 e. The van der Waals surface area contributed by atoms with Crippen LogP contribution in [-0.2, 0) is 6.54 Å². The van der Waals surface area contributed by atoms with Crippen molar-refractivity contribution in [2.45, 2.75) is 6.54 Å². The van der Waals surface area contributed by atoms with Crippen molar-refractivity contribution < 1.29 is 13.9 Å². The van der Waals surface area contributed by atoms with Gasteiger partial charge in [0, 0.05) is 29.5 Å². The molecule has 0 radical (unpaired) electrons. The normalized spacial score (nSPS) is 10.7. The van der Waals surface area contributed by atoms with Crippen LogP contribution in [0.5, 0.6) is 5.75 Å². The molecule has 0 aliphatic carbocycles. The summed E-state index contributed by atoms with van der Waals surface area (Å²) < 4.78 is 19.8. The Hall–Kier alpha value is -3.49. The molecule has 0 fully saturated rings. The first-order chi connectivity index (χ1) is 15.5. The summed E-state index contributed by atoms with van der Waals surface area (Å²) >= 11 is 12.0. The van der Waals surface area contributed by atoms with Crippen molar-refractivity contribution in [3.63, 3.8) is 0 Å². The van der Waals surface area contributed by atoms with E-state index in [1.165, 1.54) is 18.2 Å². The molecular weight excluding hydrogens is 456 g/mol. The van der Waals surface area contributed by atoms with Crippen LogP contribution in [0.1, 0.15) is 10.4 Å². The van der Waals surface area contributed by atoms with E-state index in [1.807, 2.05) is 0 Å². The molecule has 0 amide bonds. The van der Waals surface area contributed by atoms with E-state index in [0.29, 0.717) is 28.7 Å². The van der Waals surface area contributed by atoms with Crippen LogP contribution >= 0.6 is 23.2 Å². The number of halogens is 3. The molecule has 0 unspecified atom stereocenters. The van der Waals surface area contributed by atoms with Gasteiger partial charge in [-0.15, -0.1) is 5.10 Å². The average Bonchev–Trinajstić information content (AvgIpc) is 3.23. The standard InChI is InChI=1S/C22H16Cl2FN5O2/c23-16-5-8-19(18(24)10-16)32-13-20(31)30-22(27-11-14-3-6-17(25)7-4-14)28-21(29-30)15-2-1-9-26-12-15/h1-10,12H,11,13H2,(H,27,28,29). The van der Waals surface area contributed by atoms with Gasteiger partial charge in [-0.3, -0.25) is 9.78 Å². The van der Waals surface area contributed by atoms with Crippen molar-refractivity contribution in [1.82, 2.24) is 19.7 Å². The molecule has 10 heteroatoms. The second kappa shape index (κ2) is 9.76. The van der Waals surface area contributed by atoms with Crippen LogP contribution in [-0.4, -0.2) is 32.3 Å². The molecule has 2 aromatic heterocycles. The van der Waals surface area contributed by atoms with E-state index in [9.17, 15) is 9.18 Å². The van der Waals surface area contributed by atoms with Gasteiger partial charge in [0.05, 0.1) is 5.02 Å². The molecule has 0 spiro atoms. The van der Waals surface area contributed by atoms with Gasteiger partial charge in [-0.05, 0) is 48.0 Å². The Balaban J connectivity index is 1.56. The van der Waals surface area contributed by atoms with Crippen LogP contribution in [0.2, 0.25) is 10.0 Å². The fourth-order valence-corrected chi connectivity index (χ4v) is 3.26. The number of benzene rings is 2. The Kier molecular flexibility index (Phi) is 6.63. The number of rotatable bonds is 7. The molecule has 0 atom stereocenters. The monoisotopic (exact) mass is 471 g/mol. The van der Waals surface area contributed by atoms with E-state index in [1.54, 1.807) is 48.8 Å². The van der Waals surface area contributed by atoms with Crippen LogP contribution in [0.15, 0.2) is 67.0 Å². The molecule has 4 aromatic rings. The molecule has 2 aromatic carbocycles. The summed E-state index contributed by atoms with van der Waals surface area (Å²) in [7, 11) is 0. The highest BCUT2D eigenvalue weighted by Gasteiger charge is 2.18. The number of ether oxygens (including phenoxy) is 1. The fourth-order valence-electron chi connectivity index (χ4n) is 2.79. The Morgan fingerprint density at radius 3 is 2.66 bits per heavy atom. The molecule has 162 valence electrons. The summed E-state index contributed by atoms with van der Waals surface area (Å²) in [6, 6.07) is 14.2. The van der Waals surface area contributed by atoms with Crippen molar-refractivity contribution >= 4 is 35.1 Å². The number of pyridine rings is 1. The summed E-state index contributed by atoms with van der Waals surface area (Å²) in [6.45, 7) is -0.0228. The minimum atomic E-state index is -0.472. The molecule has 4 rings (SSSR count). The van der Waals surface area contributed by atoms with Crippen LogP contribution in [0, 0.1) is 5.82 Å². The van der Waals surface area contributed by atoms with Gasteiger partial charge in [-0.2, -0.15) is 9.67 Å². The Morgan fingerprint density at radius 1 is 1.12 bits per heavy atom. The van der Waals surface area contributed by atoms with E-state index in [-0.39, 0.29) is 23.4 Å². The van der Waals surface area contributed by atoms with E-state index in [4.69, 9.17) is 27.9 Å². The summed E-state index contributed by atoms with van der Waals surface area (Å²) in [5.74, 6) is 0.0450. The summed E-state index contributed by atoms with van der Waals surface area (Å²) in [4.78, 5) is 21.4. The van der Waals surface area contributed by atoms with E-state index < -0.39 is 5.91 Å². The molecule has 0 saturated heterocycles. The Bertz CT molecular complexity index is 1230. The number of carbonyl (C=O) groups is 1. The van der Waals surface area contributed by atoms with Gasteiger partial charge < -0.3 is 10.1 Å². The second-order valence-corrected chi connectivity index (χ2v) is 7.49. The van der Waals surface area contributed by atoms with Crippen LogP contribution < -0.4 is 10.1 Å². The summed E-state index contributed by atoms with van der Waals surface area (Å²) in [5.41, 5.74) is 1.45. The van der Waals surface area contributed by atoms with Gasteiger partial charge in [0.25, 0.3) is 5.91 Å². The molecular formula is C22H16Cl2FN5O2. The molecule has 32 heavy (non-hydrogen) atoms. The van der Waals surface area contributed by atoms with Crippen molar-refractivity contribution in [2.24, 2.45) is 0 Å². The number of aromatic nitrogens is 4. The molecule has 7 nitrogen and oxygen atoms in total. The Morgan fingerprint density at radius 2 is 1.94 bits per heavy atom. The first kappa shape index (κ1) is 21.7. The topological polar surface area (TPSA) is 81.9 Å². The zero-order valence-corrected chi connectivity index (χ0v) is 18.0. The predicted molar refractivity (Wildman–Crippen MR) is 120 cm³/mol. The van der Waals surface area contributed by atoms with Crippen molar-refractivity contribution in [3.05, 3.63) is 88.4 Å². The number of nitrogens with zero attached hydrogens (tertiary/aromatic N) is 4. The molecule has 1 N–H and O–H groups in total. The number of nitrogens with one attached hydrogen (secondary N) is 1. The maximum atomic E-state index is 13.2. The SMILES string of the molecule is O=C(COc1ccc(Cl)cc1Cl)n1nc(-c2cccnc2)nc1NCc1ccc(F)cc1. The van der Waals surface area contributed by atoms with Crippen molar-refractivity contribution in [1.29, 1.82) is 0 Å². The van der Waals surface area contributed by atoms with Gasteiger partial charge in [0.1, 0.15) is 11.6 Å². The molecule has 2 heterocycles. The molecule has 0 bridgehead atoms. The largest absolute Gasteiger partial charge is 0.482 e. The van der Waals surface area contributed by atoms with Gasteiger partial charge in [0.15, 0.2) is 12.4 Å². The lowest BCUT2D eigenvalue weighted by Crippen LogP contribution is -2.22. The molecule has 0 saturated carbocycles. The van der Waals surface area contributed by atoms with Gasteiger partial charge in [-0.25, -0.2) is 4.39 Å². The molecule has 0 aliphatic heterocycles. The van der Waals surface area contributed by atoms with Crippen LogP contribution in [0.25, 0.3) is 11.4 Å². The highest BCUT2D eigenvalue weighted by atomic mass is 35.5. The number of hydrogen-bond donors (Lipinski definition) is 1.